The fraction of sp³-hybridized carbons (Fsp3) is 0.385. The largest absolute Gasteiger partial charge is 0.508 e. The van der Waals surface area contributed by atoms with Crippen molar-refractivity contribution >= 4 is 11.8 Å². The van der Waals surface area contributed by atoms with Gasteiger partial charge in [-0.3, -0.25) is 9.59 Å². The SMILES string of the molecule is Cc1cc(O)ccc1C(=O)CCCCC(=O)O. The molecule has 1 aromatic carbocycles. The number of hydrogen-bond donors (Lipinski definition) is 2. The Morgan fingerprint density at radius 3 is 2.41 bits per heavy atom. The zero-order chi connectivity index (χ0) is 12.8. The van der Waals surface area contributed by atoms with Gasteiger partial charge in [-0.15, -0.1) is 0 Å². The molecule has 0 saturated carbocycles. The summed E-state index contributed by atoms with van der Waals surface area (Å²) < 4.78 is 0. The smallest absolute Gasteiger partial charge is 0.303 e. The molecule has 1 aromatic rings. The van der Waals surface area contributed by atoms with Crippen LogP contribution in [0.3, 0.4) is 0 Å². The zero-order valence-electron chi connectivity index (χ0n) is 9.77. The highest BCUT2D eigenvalue weighted by atomic mass is 16.4. The molecule has 2 N–H and O–H groups in total. The van der Waals surface area contributed by atoms with Crippen molar-refractivity contribution in [3.8, 4) is 5.75 Å². The second-order valence-electron chi connectivity index (χ2n) is 4.02. The molecule has 92 valence electrons. The number of Topliss-reactive ketones (excluding diaryl/α,β-unsaturated/α-hetero) is 1. The van der Waals surface area contributed by atoms with Crippen LogP contribution in [0.5, 0.6) is 5.75 Å². The minimum absolute atomic E-state index is 0.00658. The van der Waals surface area contributed by atoms with E-state index < -0.39 is 5.97 Å². The summed E-state index contributed by atoms with van der Waals surface area (Å²) in [6, 6.07) is 4.63. The molecule has 0 radical (unpaired) electrons. The third kappa shape index (κ3) is 4.26. The molecule has 0 heterocycles. The van der Waals surface area contributed by atoms with E-state index in [1.54, 1.807) is 19.1 Å². The van der Waals surface area contributed by atoms with Crippen molar-refractivity contribution in [3.63, 3.8) is 0 Å². The average molecular weight is 236 g/mol. The fourth-order valence-electron chi connectivity index (χ4n) is 1.66. The maximum Gasteiger partial charge on any atom is 0.303 e. The minimum atomic E-state index is -0.835. The van der Waals surface area contributed by atoms with Gasteiger partial charge in [0, 0.05) is 18.4 Å². The number of aliphatic carboxylic acids is 1. The molecular weight excluding hydrogens is 220 g/mol. The third-order valence-electron chi connectivity index (χ3n) is 2.55. The van der Waals surface area contributed by atoms with E-state index in [1.165, 1.54) is 6.07 Å². The number of carboxylic acid groups (broad SMARTS) is 1. The van der Waals surface area contributed by atoms with Crippen molar-refractivity contribution in [2.75, 3.05) is 0 Å². The van der Waals surface area contributed by atoms with Gasteiger partial charge in [-0.1, -0.05) is 0 Å². The van der Waals surface area contributed by atoms with Crippen LogP contribution in [0, 0.1) is 6.92 Å². The minimum Gasteiger partial charge on any atom is -0.508 e. The van der Waals surface area contributed by atoms with Crippen LogP contribution in [0.1, 0.15) is 41.6 Å². The quantitative estimate of drug-likeness (QED) is 0.588. The van der Waals surface area contributed by atoms with Crippen molar-refractivity contribution < 1.29 is 19.8 Å². The standard InChI is InChI=1S/C13H16O4/c1-9-8-10(14)6-7-11(9)12(15)4-2-3-5-13(16)17/h6-8,14H,2-5H2,1H3,(H,16,17). The first-order chi connectivity index (χ1) is 8.00. The maximum absolute atomic E-state index is 11.8. The van der Waals surface area contributed by atoms with Crippen molar-refractivity contribution in [1.29, 1.82) is 0 Å². The molecule has 1 rings (SSSR count). The molecule has 0 atom stereocenters. The van der Waals surface area contributed by atoms with Crippen LogP contribution in [0.25, 0.3) is 0 Å². The lowest BCUT2D eigenvalue weighted by molar-refractivity contribution is -0.137. The van der Waals surface area contributed by atoms with Gasteiger partial charge < -0.3 is 10.2 Å². The lowest BCUT2D eigenvalue weighted by Crippen LogP contribution is -2.02. The predicted octanol–water partition coefficient (Wildman–Crippen LogP) is 2.53. The Kier molecular flexibility index (Phi) is 4.69. The van der Waals surface area contributed by atoms with Crippen LogP contribution >= 0.6 is 0 Å². The highest BCUT2D eigenvalue weighted by molar-refractivity contribution is 5.97. The number of aromatic hydroxyl groups is 1. The monoisotopic (exact) mass is 236 g/mol. The van der Waals surface area contributed by atoms with Gasteiger partial charge >= 0.3 is 5.97 Å². The summed E-state index contributed by atoms with van der Waals surface area (Å²) in [6.45, 7) is 1.77. The normalized spacial score (nSPS) is 10.2. The lowest BCUT2D eigenvalue weighted by atomic mass is 10.0. The Labute approximate surface area is 99.9 Å². The number of unbranched alkanes of at least 4 members (excludes halogenated alkanes) is 1. The third-order valence-corrected chi connectivity index (χ3v) is 2.55. The van der Waals surface area contributed by atoms with Gasteiger partial charge in [-0.05, 0) is 43.5 Å². The van der Waals surface area contributed by atoms with E-state index in [1.807, 2.05) is 0 Å². The van der Waals surface area contributed by atoms with Gasteiger partial charge in [0.1, 0.15) is 5.75 Å². The Balaban J connectivity index is 2.50. The van der Waals surface area contributed by atoms with Crippen molar-refractivity contribution in [2.24, 2.45) is 0 Å². The second kappa shape index (κ2) is 6.03. The van der Waals surface area contributed by atoms with Crippen LogP contribution in [0.2, 0.25) is 0 Å². The number of carbonyl (C=O) groups excluding carboxylic acids is 1. The van der Waals surface area contributed by atoms with E-state index in [0.717, 1.165) is 5.56 Å². The summed E-state index contributed by atoms with van der Waals surface area (Å²) in [5.41, 5.74) is 1.34. The number of phenols is 1. The zero-order valence-corrected chi connectivity index (χ0v) is 9.77. The summed E-state index contributed by atoms with van der Waals surface area (Å²) in [5, 5.41) is 17.7. The Morgan fingerprint density at radius 2 is 1.82 bits per heavy atom. The number of carboxylic acids is 1. The van der Waals surface area contributed by atoms with Crippen LogP contribution in [0.4, 0.5) is 0 Å². The van der Waals surface area contributed by atoms with E-state index in [4.69, 9.17) is 5.11 Å². The molecule has 4 nitrogen and oxygen atoms in total. The molecule has 0 aromatic heterocycles. The van der Waals surface area contributed by atoms with Gasteiger partial charge in [0.15, 0.2) is 5.78 Å². The molecule has 0 aliphatic rings. The number of rotatable bonds is 6. The molecule has 0 aliphatic carbocycles. The molecular formula is C13H16O4. The van der Waals surface area contributed by atoms with E-state index >= 15 is 0 Å². The second-order valence-corrected chi connectivity index (χ2v) is 4.02. The first kappa shape index (κ1) is 13.2. The summed E-state index contributed by atoms with van der Waals surface area (Å²) >= 11 is 0. The molecule has 0 unspecified atom stereocenters. The lowest BCUT2D eigenvalue weighted by Gasteiger charge is -2.05. The summed E-state index contributed by atoms with van der Waals surface area (Å²) in [4.78, 5) is 22.1. The first-order valence-corrected chi connectivity index (χ1v) is 5.55. The number of benzene rings is 1. The molecule has 0 spiro atoms. The van der Waals surface area contributed by atoms with E-state index in [0.29, 0.717) is 24.8 Å². The maximum atomic E-state index is 11.8. The molecule has 0 aliphatic heterocycles. The summed E-state index contributed by atoms with van der Waals surface area (Å²) in [7, 11) is 0. The molecule has 17 heavy (non-hydrogen) atoms. The molecule has 0 bridgehead atoms. The van der Waals surface area contributed by atoms with Crippen molar-refractivity contribution in [2.45, 2.75) is 32.6 Å². The van der Waals surface area contributed by atoms with Gasteiger partial charge in [0.2, 0.25) is 0 Å². The summed E-state index contributed by atoms with van der Waals surface area (Å²) in [5.74, 6) is -0.698. The first-order valence-electron chi connectivity index (χ1n) is 5.55. The Bertz CT molecular complexity index is 423. The molecule has 0 saturated heterocycles. The Morgan fingerprint density at radius 1 is 1.18 bits per heavy atom. The van der Waals surface area contributed by atoms with Gasteiger partial charge in [-0.25, -0.2) is 0 Å². The van der Waals surface area contributed by atoms with Crippen molar-refractivity contribution in [3.05, 3.63) is 29.3 Å². The number of ketones is 1. The molecule has 0 amide bonds. The fourth-order valence-corrected chi connectivity index (χ4v) is 1.66. The van der Waals surface area contributed by atoms with Crippen LogP contribution in [-0.4, -0.2) is 22.0 Å². The average Bonchev–Trinajstić information content (AvgIpc) is 2.23. The van der Waals surface area contributed by atoms with Gasteiger partial charge in [-0.2, -0.15) is 0 Å². The Hall–Kier alpha value is -1.84. The number of carbonyl (C=O) groups is 2. The van der Waals surface area contributed by atoms with E-state index in [9.17, 15) is 14.7 Å². The number of hydrogen-bond acceptors (Lipinski definition) is 3. The van der Waals surface area contributed by atoms with Crippen LogP contribution in [0.15, 0.2) is 18.2 Å². The van der Waals surface area contributed by atoms with Crippen LogP contribution < -0.4 is 0 Å². The van der Waals surface area contributed by atoms with E-state index in [-0.39, 0.29) is 18.0 Å². The number of aryl methyl sites for hydroxylation is 1. The van der Waals surface area contributed by atoms with Crippen molar-refractivity contribution in [1.82, 2.24) is 0 Å². The van der Waals surface area contributed by atoms with Crippen LogP contribution in [-0.2, 0) is 4.79 Å². The van der Waals surface area contributed by atoms with E-state index in [2.05, 4.69) is 0 Å². The predicted molar refractivity (Wildman–Crippen MR) is 63.3 cm³/mol. The highest BCUT2D eigenvalue weighted by Crippen LogP contribution is 2.18. The topological polar surface area (TPSA) is 74.6 Å². The molecule has 4 heteroatoms. The highest BCUT2D eigenvalue weighted by Gasteiger charge is 2.09. The summed E-state index contributed by atoms with van der Waals surface area (Å²) in [6.07, 6.45) is 1.53. The van der Waals surface area contributed by atoms with Gasteiger partial charge in [0.05, 0.1) is 0 Å². The molecule has 0 fully saturated rings. The number of phenolic OH excluding ortho intramolecular Hbond substituents is 1. The van der Waals surface area contributed by atoms with Gasteiger partial charge in [0.25, 0.3) is 0 Å².